The molecule has 8 nitrogen and oxygen atoms in total. The van der Waals surface area contributed by atoms with E-state index < -0.39 is 0 Å². The molecule has 0 N–H and O–H groups in total. The van der Waals surface area contributed by atoms with Crippen LogP contribution in [0.1, 0.15) is 66.3 Å². The molecule has 2 aliphatic heterocycles. The number of hydrogen-bond donors (Lipinski definition) is 0. The molecular formula is C20H31N5O3. The average molecular weight is 390 g/mol. The maximum atomic E-state index is 13.2. The molecule has 0 aliphatic carbocycles. The molecule has 0 aromatic carbocycles. The maximum absolute atomic E-state index is 13.2. The third-order valence-corrected chi connectivity index (χ3v) is 5.54. The van der Waals surface area contributed by atoms with E-state index in [0.29, 0.717) is 50.8 Å². The monoisotopic (exact) mass is 389 g/mol. The van der Waals surface area contributed by atoms with Crippen LogP contribution < -0.4 is 0 Å². The molecule has 1 aromatic rings. The first kappa shape index (κ1) is 20.4. The fourth-order valence-electron chi connectivity index (χ4n) is 4.05. The zero-order chi connectivity index (χ0) is 20.1. The van der Waals surface area contributed by atoms with Crippen LogP contribution in [-0.2, 0) is 17.8 Å². The Balaban J connectivity index is 1.87. The molecule has 3 heterocycles. The second kappa shape index (κ2) is 9.21. The number of nitrogens with zero attached hydrogens (tertiary/aromatic N) is 5. The molecule has 3 amide bonds. The van der Waals surface area contributed by atoms with E-state index in [1.807, 2.05) is 9.47 Å². The van der Waals surface area contributed by atoms with Crippen molar-refractivity contribution in [1.82, 2.24) is 24.3 Å². The van der Waals surface area contributed by atoms with Gasteiger partial charge < -0.3 is 19.3 Å². The highest BCUT2D eigenvalue weighted by Crippen LogP contribution is 2.23. The summed E-state index contributed by atoms with van der Waals surface area (Å²) in [6.45, 7) is 8.34. The van der Waals surface area contributed by atoms with Crippen molar-refractivity contribution in [3.05, 3.63) is 17.2 Å². The topological polar surface area (TPSA) is 78.8 Å². The summed E-state index contributed by atoms with van der Waals surface area (Å²) < 4.78 is 1.96. The van der Waals surface area contributed by atoms with Gasteiger partial charge in [0.25, 0.3) is 11.8 Å². The normalized spacial score (nSPS) is 16.6. The summed E-state index contributed by atoms with van der Waals surface area (Å²) in [7, 11) is 0. The van der Waals surface area contributed by atoms with Crippen molar-refractivity contribution in [2.45, 2.75) is 52.5 Å². The summed E-state index contributed by atoms with van der Waals surface area (Å²) in [4.78, 5) is 47.1. The van der Waals surface area contributed by atoms with Crippen molar-refractivity contribution >= 4 is 18.2 Å². The van der Waals surface area contributed by atoms with E-state index in [2.05, 4.69) is 18.8 Å². The third-order valence-electron chi connectivity index (χ3n) is 5.54. The number of carbonyl (C=O) groups is 3. The number of hydrogen-bond acceptors (Lipinski definition) is 4. The maximum Gasteiger partial charge on any atom is 0.290 e. The molecule has 1 saturated heterocycles. The Morgan fingerprint density at radius 2 is 1.71 bits per heavy atom. The Morgan fingerprint density at radius 1 is 1.04 bits per heavy atom. The van der Waals surface area contributed by atoms with Crippen LogP contribution in [0.3, 0.4) is 0 Å². The Kier molecular flexibility index (Phi) is 6.70. The van der Waals surface area contributed by atoms with E-state index in [-0.39, 0.29) is 11.8 Å². The first-order valence-corrected chi connectivity index (χ1v) is 10.5. The van der Waals surface area contributed by atoms with Crippen LogP contribution in [0.2, 0.25) is 0 Å². The lowest BCUT2D eigenvalue weighted by Gasteiger charge is -2.32. The fraction of sp³-hybridized carbons (Fsp3) is 0.700. The van der Waals surface area contributed by atoms with Gasteiger partial charge in [0.2, 0.25) is 6.41 Å². The van der Waals surface area contributed by atoms with E-state index in [1.165, 1.54) is 0 Å². The second-order valence-corrected chi connectivity index (χ2v) is 7.57. The summed E-state index contributed by atoms with van der Waals surface area (Å²) in [5.74, 6) is 0.190. The van der Waals surface area contributed by atoms with Gasteiger partial charge in [0.05, 0.1) is 5.69 Å². The molecule has 0 radical (unpaired) electrons. The van der Waals surface area contributed by atoms with Crippen molar-refractivity contribution < 1.29 is 14.4 Å². The van der Waals surface area contributed by atoms with Crippen molar-refractivity contribution in [2.24, 2.45) is 0 Å². The predicted octanol–water partition coefficient (Wildman–Crippen LogP) is 1.40. The lowest BCUT2D eigenvalue weighted by atomic mass is 10.1. The molecule has 0 spiro atoms. The minimum absolute atomic E-state index is 0.0563. The molecule has 8 heteroatoms. The van der Waals surface area contributed by atoms with E-state index in [4.69, 9.17) is 0 Å². The van der Waals surface area contributed by atoms with E-state index in [9.17, 15) is 14.4 Å². The Labute approximate surface area is 166 Å². The highest BCUT2D eigenvalue weighted by molar-refractivity contribution is 5.97. The van der Waals surface area contributed by atoms with Crippen LogP contribution in [0.15, 0.2) is 0 Å². The lowest BCUT2D eigenvalue weighted by molar-refractivity contribution is -0.119. The van der Waals surface area contributed by atoms with Crippen molar-refractivity contribution in [3.8, 4) is 0 Å². The largest absolute Gasteiger partial charge is 0.342 e. The molecule has 154 valence electrons. The van der Waals surface area contributed by atoms with Crippen LogP contribution in [0, 0.1) is 0 Å². The number of carbonyl (C=O) groups excluding carboxylic acids is 3. The van der Waals surface area contributed by atoms with Gasteiger partial charge in [-0.1, -0.05) is 13.8 Å². The van der Waals surface area contributed by atoms with Gasteiger partial charge in [0, 0.05) is 45.8 Å². The summed E-state index contributed by atoms with van der Waals surface area (Å²) in [5.41, 5.74) is 1.36. The van der Waals surface area contributed by atoms with Crippen LogP contribution >= 0.6 is 0 Å². The molecule has 0 atom stereocenters. The first-order valence-electron chi connectivity index (χ1n) is 10.5. The highest BCUT2D eigenvalue weighted by Gasteiger charge is 2.32. The van der Waals surface area contributed by atoms with Gasteiger partial charge in [-0.25, -0.2) is 4.98 Å². The molecule has 0 saturated carbocycles. The zero-order valence-electron chi connectivity index (χ0n) is 17.0. The highest BCUT2D eigenvalue weighted by atomic mass is 16.2. The number of rotatable bonds is 7. The minimum Gasteiger partial charge on any atom is -0.342 e. The number of fused-ring (bicyclic) bond motifs is 1. The van der Waals surface area contributed by atoms with E-state index >= 15 is 0 Å². The summed E-state index contributed by atoms with van der Waals surface area (Å²) in [6.07, 6.45) is 5.41. The predicted molar refractivity (Wildman–Crippen MR) is 105 cm³/mol. The van der Waals surface area contributed by atoms with Gasteiger partial charge in [0.15, 0.2) is 5.82 Å². The lowest BCUT2D eigenvalue weighted by Crippen LogP contribution is -2.48. The Hall–Kier alpha value is -2.38. The average Bonchev–Trinajstić information content (AvgIpc) is 3.12. The molecule has 1 fully saturated rings. The number of amides is 3. The smallest absolute Gasteiger partial charge is 0.290 e. The van der Waals surface area contributed by atoms with Crippen LogP contribution in [0.5, 0.6) is 0 Å². The first-order chi connectivity index (χ1) is 13.6. The number of imidazole rings is 1. The summed E-state index contributed by atoms with van der Waals surface area (Å²) in [6, 6.07) is 0. The Bertz CT molecular complexity index is 716. The van der Waals surface area contributed by atoms with Crippen LogP contribution in [0.25, 0.3) is 0 Å². The molecule has 1 aromatic heterocycles. The molecule has 0 unspecified atom stereocenters. The van der Waals surface area contributed by atoms with Crippen LogP contribution in [-0.4, -0.2) is 81.7 Å². The molecule has 2 aliphatic rings. The molecular weight excluding hydrogens is 358 g/mol. The Morgan fingerprint density at radius 3 is 2.32 bits per heavy atom. The molecule has 3 rings (SSSR count). The minimum atomic E-state index is -0.134. The van der Waals surface area contributed by atoms with Crippen molar-refractivity contribution in [3.63, 3.8) is 0 Å². The van der Waals surface area contributed by atoms with E-state index in [0.717, 1.165) is 50.8 Å². The van der Waals surface area contributed by atoms with Gasteiger partial charge in [0.1, 0.15) is 5.69 Å². The second-order valence-electron chi connectivity index (χ2n) is 7.57. The van der Waals surface area contributed by atoms with Crippen molar-refractivity contribution in [1.29, 1.82) is 0 Å². The standard InChI is InChI=1S/C20H31N5O3/c1-3-8-23(9-4-2)19(27)17-16-7-5-6-10-25(16)18(21-17)20(28)24-13-11-22(15-26)12-14-24/h15H,3-14H2,1-2H3. The number of aromatic nitrogens is 2. The van der Waals surface area contributed by atoms with Gasteiger partial charge in [-0.2, -0.15) is 0 Å². The SMILES string of the molecule is CCCN(CCC)C(=O)c1nc(C(=O)N2CCN(C=O)CC2)n2c1CCCC2. The molecule has 0 bridgehead atoms. The third kappa shape index (κ3) is 4.05. The zero-order valence-corrected chi connectivity index (χ0v) is 17.0. The quantitative estimate of drug-likeness (QED) is 0.661. The summed E-state index contributed by atoms with van der Waals surface area (Å²) in [5, 5.41) is 0. The van der Waals surface area contributed by atoms with Crippen LogP contribution in [0.4, 0.5) is 0 Å². The van der Waals surface area contributed by atoms with E-state index in [1.54, 1.807) is 9.80 Å². The van der Waals surface area contributed by atoms with Crippen molar-refractivity contribution in [2.75, 3.05) is 39.3 Å². The van der Waals surface area contributed by atoms with Gasteiger partial charge in [-0.15, -0.1) is 0 Å². The van der Waals surface area contributed by atoms with Gasteiger partial charge in [-0.05, 0) is 32.1 Å². The molecule has 28 heavy (non-hydrogen) atoms. The fourth-order valence-corrected chi connectivity index (χ4v) is 4.05. The van der Waals surface area contributed by atoms with Gasteiger partial charge in [-0.3, -0.25) is 14.4 Å². The summed E-state index contributed by atoms with van der Waals surface area (Å²) >= 11 is 0. The number of piperazine rings is 1. The van der Waals surface area contributed by atoms with Gasteiger partial charge >= 0.3 is 0 Å².